The van der Waals surface area contributed by atoms with Gasteiger partial charge in [0, 0.05) is 48.5 Å². The molecule has 1 amide bonds. The van der Waals surface area contributed by atoms with Gasteiger partial charge in [-0.15, -0.1) is 0 Å². The number of thiophene rings is 1. The molecule has 0 radical (unpaired) electrons. The Morgan fingerprint density at radius 2 is 1.73 bits per heavy atom. The van der Waals surface area contributed by atoms with E-state index in [9.17, 15) is 4.79 Å². The van der Waals surface area contributed by atoms with E-state index in [1.165, 1.54) is 36.9 Å². The topological polar surface area (TPSA) is 35.6 Å². The minimum absolute atomic E-state index is 0.0313. The molecule has 2 heterocycles. The number of hydrogen-bond donors (Lipinski definition) is 1. The van der Waals surface area contributed by atoms with E-state index in [2.05, 4.69) is 70.6 Å². The van der Waals surface area contributed by atoms with Crippen molar-refractivity contribution in [1.82, 2.24) is 4.90 Å². The zero-order valence-corrected chi connectivity index (χ0v) is 20.2. The third kappa shape index (κ3) is 4.71. The van der Waals surface area contributed by atoms with Gasteiger partial charge in [-0.25, -0.2) is 0 Å². The molecule has 0 bridgehead atoms. The third-order valence-electron chi connectivity index (χ3n) is 7.55. The maximum absolute atomic E-state index is 12.6. The standard InChI is InChI=1S/C28H33N3OS/c1-22-10-13-28(14-11-22,31-17-15-30(16-18-31)26-8-3-2-4-9-26)24-6-5-7-25(20-24)29-27(32)23-12-19-33-21-23/h2-9,12,19-22H,10-11,13-18H2,1H3,(H,29,32). The molecule has 4 nitrogen and oxygen atoms in total. The Bertz CT molecular complexity index is 1050. The van der Waals surface area contributed by atoms with E-state index in [1.54, 1.807) is 11.3 Å². The lowest BCUT2D eigenvalue weighted by atomic mass is 9.71. The molecular formula is C28H33N3OS. The summed E-state index contributed by atoms with van der Waals surface area (Å²) in [5.41, 5.74) is 4.35. The lowest BCUT2D eigenvalue weighted by molar-refractivity contribution is 0.0299. The number of carbonyl (C=O) groups is 1. The summed E-state index contributed by atoms with van der Waals surface area (Å²) in [6.07, 6.45) is 4.87. The lowest BCUT2D eigenvalue weighted by Gasteiger charge is -2.51. The summed E-state index contributed by atoms with van der Waals surface area (Å²) in [5, 5.41) is 6.96. The second-order valence-corrected chi connectivity index (χ2v) is 10.4. The molecule has 2 fully saturated rings. The smallest absolute Gasteiger partial charge is 0.256 e. The Morgan fingerprint density at radius 3 is 2.42 bits per heavy atom. The lowest BCUT2D eigenvalue weighted by Crippen LogP contribution is -2.56. The first-order chi connectivity index (χ1) is 16.1. The number of para-hydroxylation sites is 1. The van der Waals surface area contributed by atoms with Gasteiger partial charge in [0.15, 0.2) is 0 Å². The van der Waals surface area contributed by atoms with Crippen LogP contribution in [0.25, 0.3) is 0 Å². The molecule has 1 N–H and O–H groups in total. The third-order valence-corrected chi connectivity index (χ3v) is 8.23. The fraction of sp³-hybridized carbons (Fsp3) is 0.393. The number of anilines is 2. The number of rotatable bonds is 5. The summed E-state index contributed by atoms with van der Waals surface area (Å²) in [4.78, 5) is 17.9. The van der Waals surface area contributed by atoms with Gasteiger partial charge in [0.2, 0.25) is 0 Å². The van der Waals surface area contributed by atoms with E-state index in [0.717, 1.165) is 43.3 Å². The Hall–Kier alpha value is -2.63. The zero-order chi connectivity index (χ0) is 22.7. The molecule has 5 rings (SSSR count). The van der Waals surface area contributed by atoms with Crippen molar-refractivity contribution in [2.75, 3.05) is 36.4 Å². The van der Waals surface area contributed by atoms with Gasteiger partial charge in [-0.3, -0.25) is 9.69 Å². The summed E-state index contributed by atoms with van der Waals surface area (Å²) in [5.74, 6) is 0.751. The number of piperazine rings is 1. The van der Waals surface area contributed by atoms with Crippen molar-refractivity contribution in [3.8, 4) is 0 Å². The molecule has 33 heavy (non-hydrogen) atoms. The highest BCUT2D eigenvalue weighted by molar-refractivity contribution is 7.08. The van der Waals surface area contributed by atoms with Gasteiger partial charge in [0.1, 0.15) is 0 Å². The number of carbonyl (C=O) groups excluding carboxylic acids is 1. The highest BCUT2D eigenvalue weighted by Gasteiger charge is 2.42. The van der Waals surface area contributed by atoms with Gasteiger partial charge in [0.05, 0.1) is 5.56 Å². The molecule has 172 valence electrons. The first-order valence-electron chi connectivity index (χ1n) is 12.1. The minimum atomic E-state index is -0.0313. The zero-order valence-electron chi connectivity index (χ0n) is 19.4. The van der Waals surface area contributed by atoms with Crippen molar-refractivity contribution in [3.63, 3.8) is 0 Å². The van der Waals surface area contributed by atoms with Crippen LogP contribution in [0.5, 0.6) is 0 Å². The van der Waals surface area contributed by atoms with Crippen LogP contribution >= 0.6 is 11.3 Å². The Morgan fingerprint density at radius 1 is 0.970 bits per heavy atom. The highest BCUT2D eigenvalue weighted by atomic mass is 32.1. The molecular weight excluding hydrogens is 426 g/mol. The maximum Gasteiger partial charge on any atom is 0.256 e. The maximum atomic E-state index is 12.6. The molecule has 0 unspecified atom stereocenters. The van der Waals surface area contributed by atoms with Crippen molar-refractivity contribution in [2.24, 2.45) is 5.92 Å². The van der Waals surface area contributed by atoms with Crippen LogP contribution in [0, 0.1) is 5.92 Å². The van der Waals surface area contributed by atoms with Crippen molar-refractivity contribution >= 4 is 28.6 Å². The van der Waals surface area contributed by atoms with Gasteiger partial charge < -0.3 is 10.2 Å². The van der Waals surface area contributed by atoms with Crippen LogP contribution in [-0.4, -0.2) is 37.0 Å². The molecule has 0 spiro atoms. The molecule has 5 heteroatoms. The molecule has 0 atom stereocenters. The summed E-state index contributed by atoms with van der Waals surface area (Å²) in [6.45, 7) is 6.62. The molecule has 3 aromatic rings. The van der Waals surface area contributed by atoms with E-state index in [-0.39, 0.29) is 11.4 Å². The molecule has 1 aromatic heterocycles. The largest absolute Gasteiger partial charge is 0.369 e. The Kier molecular flexibility index (Phi) is 6.52. The van der Waals surface area contributed by atoms with Gasteiger partial charge in [0.25, 0.3) is 5.91 Å². The molecule has 1 saturated carbocycles. The van der Waals surface area contributed by atoms with Crippen LogP contribution in [-0.2, 0) is 5.54 Å². The molecule has 2 aromatic carbocycles. The molecule has 2 aliphatic rings. The van der Waals surface area contributed by atoms with E-state index in [4.69, 9.17) is 0 Å². The second kappa shape index (κ2) is 9.70. The number of nitrogens with zero attached hydrogens (tertiary/aromatic N) is 2. The van der Waals surface area contributed by atoms with Crippen LogP contribution in [0.2, 0.25) is 0 Å². The molecule has 1 aliphatic heterocycles. The van der Waals surface area contributed by atoms with E-state index in [0.29, 0.717) is 0 Å². The van der Waals surface area contributed by atoms with Crippen LogP contribution in [0.3, 0.4) is 0 Å². The van der Waals surface area contributed by atoms with Gasteiger partial charge >= 0.3 is 0 Å². The molecule has 1 aliphatic carbocycles. The number of hydrogen-bond acceptors (Lipinski definition) is 4. The summed E-state index contributed by atoms with van der Waals surface area (Å²) >= 11 is 1.55. The SMILES string of the molecule is CC1CCC(c2cccc(NC(=O)c3ccsc3)c2)(N2CCN(c3ccccc3)CC2)CC1. The van der Waals surface area contributed by atoms with Crippen molar-refractivity contribution < 1.29 is 4.79 Å². The summed E-state index contributed by atoms with van der Waals surface area (Å²) in [6, 6.07) is 21.3. The first-order valence-corrected chi connectivity index (χ1v) is 13.1. The monoisotopic (exact) mass is 459 g/mol. The fourth-order valence-corrected chi connectivity index (χ4v) is 6.18. The average Bonchev–Trinajstić information content (AvgIpc) is 3.41. The van der Waals surface area contributed by atoms with Crippen molar-refractivity contribution in [2.45, 2.75) is 38.1 Å². The van der Waals surface area contributed by atoms with Crippen LogP contribution in [0.1, 0.15) is 48.5 Å². The van der Waals surface area contributed by atoms with Crippen molar-refractivity contribution in [3.05, 3.63) is 82.6 Å². The van der Waals surface area contributed by atoms with Crippen LogP contribution < -0.4 is 10.2 Å². The summed E-state index contributed by atoms with van der Waals surface area (Å²) in [7, 11) is 0. The first kappa shape index (κ1) is 22.2. The predicted molar refractivity (Wildman–Crippen MR) is 138 cm³/mol. The highest BCUT2D eigenvalue weighted by Crippen LogP contribution is 2.45. The number of amides is 1. The fourth-order valence-electron chi connectivity index (χ4n) is 5.54. The quantitative estimate of drug-likeness (QED) is 0.491. The van der Waals surface area contributed by atoms with Gasteiger partial charge in [-0.1, -0.05) is 37.3 Å². The molecule has 1 saturated heterocycles. The van der Waals surface area contributed by atoms with Crippen LogP contribution in [0.15, 0.2) is 71.4 Å². The van der Waals surface area contributed by atoms with E-state index in [1.807, 2.05) is 22.9 Å². The normalized spacial score (nSPS) is 23.9. The summed E-state index contributed by atoms with van der Waals surface area (Å²) < 4.78 is 0. The average molecular weight is 460 g/mol. The second-order valence-electron chi connectivity index (χ2n) is 9.57. The predicted octanol–water partition coefficient (Wildman–Crippen LogP) is 6.23. The number of nitrogens with one attached hydrogen (secondary N) is 1. The van der Waals surface area contributed by atoms with E-state index >= 15 is 0 Å². The Balaban J connectivity index is 1.37. The van der Waals surface area contributed by atoms with E-state index < -0.39 is 0 Å². The van der Waals surface area contributed by atoms with Gasteiger partial charge in [-0.05, 0) is 72.9 Å². The van der Waals surface area contributed by atoms with Gasteiger partial charge in [-0.2, -0.15) is 11.3 Å². The number of benzene rings is 2. The minimum Gasteiger partial charge on any atom is -0.369 e. The van der Waals surface area contributed by atoms with Crippen molar-refractivity contribution in [1.29, 1.82) is 0 Å². The Labute approximate surface area is 201 Å². The van der Waals surface area contributed by atoms with Crippen LogP contribution in [0.4, 0.5) is 11.4 Å².